The summed E-state index contributed by atoms with van der Waals surface area (Å²) in [6, 6.07) is 13.3. The summed E-state index contributed by atoms with van der Waals surface area (Å²) in [4.78, 5) is 0. The van der Waals surface area contributed by atoms with Crippen LogP contribution >= 0.6 is 23.2 Å². The highest BCUT2D eigenvalue weighted by Gasteiger charge is 2.08. The zero-order valence-corrected chi connectivity index (χ0v) is 12.8. The van der Waals surface area contributed by atoms with E-state index in [9.17, 15) is 0 Å². The molecule has 0 radical (unpaired) electrons. The van der Waals surface area contributed by atoms with Crippen LogP contribution in [0.1, 0.15) is 18.1 Å². The number of nitrogens with one attached hydrogen (secondary N) is 1. The Hall–Kier alpha value is -1.22. The van der Waals surface area contributed by atoms with Crippen molar-refractivity contribution in [3.8, 4) is 5.75 Å². The zero-order chi connectivity index (χ0) is 14.4. The Morgan fingerprint density at radius 1 is 1.05 bits per heavy atom. The van der Waals surface area contributed by atoms with Crippen molar-refractivity contribution in [3.63, 3.8) is 0 Å². The smallest absolute Gasteiger partial charge is 0.125 e. The maximum absolute atomic E-state index is 6.23. The van der Waals surface area contributed by atoms with Crippen LogP contribution in [0.2, 0.25) is 10.0 Å². The monoisotopic (exact) mass is 309 g/mol. The van der Waals surface area contributed by atoms with Gasteiger partial charge in [0, 0.05) is 22.2 Å². The summed E-state index contributed by atoms with van der Waals surface area (Å²) >= 11 is 12.1. The lowest BCUT2D eigenvalue weighted by Gasteiger charge is -2.13. The predicted octanol–water partition coefficient (Wildman–Crippen LogP) is 4.68. The largest absolute Gasteiger partial charge is 0.489 e. The minimum atomic E-state index is 0.497. The number of hydrogen-bond donors (Lipinski definition) is 1. The topological polar surface area (TPSA) is 21.3 Å². The molecule has 0 aliphatic carbocycles. The molecule has 0 aliphatic rings. The molecular weight excluding hydrogens is 293 g/mol. The molecule has 0 amide bonds. The fraction of sp³-hybridized carbons (Fsp3) is 0.250. The van der Waals surface area contributed by atoms with Gasteiger partial charge in [0.2, 0.25) is 0 Å². The number of ether oxygens (including phenoxy) is 1. The molecule has 0 aromatic heterocycles. The summed E-state index contributed by atoms with van der Waals surface area (Å²) in [5.74, 6) is 0.813. The van der Waals surface area contributed by atoms with Crippen LogP contribution in [0.3, 0.4) is 0 Å². The molecule has 2 rings (SSSR count). The van der Waals surface area contributed by atoms with Crippen molar-refractivity contribution in [2.75, 3.05) is 6.54 Å². The van der Waals surface area contributed by atoms with Gasteiger partial charge in [-0.15, -0.1) is 0 Å². The van der Waals surface area contributed by atoms with Crippen LogP contribution < -0.4 is 10.1 Å². The van der Waals surface area contributed by atoms with Crippen LogP contribution in [0, 0.1) is 0 Å². The van der Waals surface area contributed by atoms with Gasteiger partial charge in [0.15, 0.2) is 0 Å². The number of hydrogen-bond acceptors (Lipinski definition) is 2. The Balaban J connectivity index is 2.08. The summed E-state index contributed by atoms with van der Waals surface area (Å²) in [6.07, 6.45) is 0. The summed E-state index contributed by atoms with van der Waals surface area (Å²) in [6.45, 7) is 4.15. The molecule has 0 atom stereocenters. The Morgan fingerprint density at radius 3 is 2.50 bits per heavy atom. The lowest BCUT2D eigenvalue weighted by molar-refractivity contribution is 0.302. The maximum atomic E-state index is 6.23. The fourth-order valence-corrected chi connectivity index (χ4v) is 2.20. The van der Waals surface area contributed by atoms with Gasteiger partial charge in [0.1, 0.15) is 12.4 Å². The third-order valence-electron chi connectivity index (χ3n) is 2.94. The van der Waals surface area contributed by atoms with Crippen LogP contribution in [0.5, 0.6) is 5.75 Å². The molecule has 106 valence electrons. The van der Waals surface area contributed by atoms with E-state index in [1.807, 2.05) is 42.5 Å². The van der Waals surface area contributed by atoms with Crippen LogP contribution in [-0.2, 0) is 13.2 Å². The van der Waals surface area contributed by atoms with Gasteiger partial charge in [-0.05, 0) is 36.4 Å². The molecular formula is C16H17Cl2NO. The van der Waals surface area contributed by atoms with Gasteiger partial charge in [-0.1, -0.05) is 48.3 Å². The SMILES string of the molecule is CCNCc1c(Cl)cccc1OCc1ccc(Cl)cc1. The van der Waals surface area contributed by atoms with Crippen LogP contribution in [0.25, 0.3) is 0 Å². The number of rotatable bonds is 6. The lowest BCUT2D eigenvalue weighted by atomic mass is 10.2. The average Bonchev–Trinajstić information content (AvgIpc) is 2.46. The fourth-order valence-electron chi connectivity index (χ4n) is 1.84. The second-order valence-electron chi connectivity index (χ2n) is 4.41. The molecule has 1 N–H and O–H groups in total. The van der Waals surface area contributed by atoms with Crippen molar-refractivity contribution in [2.24, 2.45) is 0 Å². The number of benzene rings is 2. The first kappa shape index (κ1) is 15.2. The first-order chi connectivity index (χ1) is 9.70. The number of halogens is 2. The van der Waals surface area contributed by atoms with Gasteiger partial charge in [-0.25, -0.2) is 0 Å². The quantitative estimate of drug-likeness (QED) is 0.836. The summed E-state index contributed by atoms with van der Waals surface area (Å²) in [5, 5.41) is 4.72. The third kappa shape index (κ3) is 4.14. The Morgan fingerprint density at radius 2 is 1.80 bits per heavy atom. The van der Waals surface area contributed by atoms with E-state index in [-0.39, 0.29) is 0 Å². The molecule has 0 heterocycles. The molecule has 20 heavy (non-hydrogen) atoms. The predicted molar refractivity (Wildman–Crippen MR) is 84.6 cm³/mol. The standard InChI is InChI=1S/C16H17Cl2NO/c1-2-19-10-14-15(18)4-3-5-16(14)20-11-12-6-8-13(17)9-7-12/h3-9,19H,2,10-11H2,1H3. The molecule has 2 nitrogen and oxygen atoms in total. The molecule has 0 spiro atoms. The van der Waals surface area contributed by atoms with Gasteiger partial charge >= 0.3 is 0 Å². The molecule has 0 bridgehead atoms. The highest BCUT2D eigenvalue weighted by atomic mass is 35.5. The van der Waals surface area contributed by atoms with Crippen molar-refractivity contribution in [1.82, 2.24) is 5.32 Å². The highest BCUT2D eigenvalue weighted by Crippen LogP contribution is 2.27. The molecule has 0 fully saturated rings. The van der Waals surface area contributed by atoms with Crippen LogP contribution in [0.15, 0.2) is 42.5 Å². The molecule has 0 unspecified atom stereocenters. The van der Waals surface area contributed by atoms with E-state index in [4.69, 9.17) is 27.9 Å². The maximum Gasteiger partial charge on any atom is 0.125 e. The highest BCUT2D eigenvalue weighted by molar-refractivity contribution is 6.31. The lowest BCUT2D eigenvalue weighted by Crippen LogP contribution is -2.13. The van der Waals surface area contributed by atoms with Crippen LogP contribution in [0.4, 0.5) is 0 Å². The second-order valence-corrected chi connectivity index (χ2v) is 5.26. The van der Waals surface area contributed by atoms with Crippen molar-refractivity contribution in [1.29, 1.82) is 0 Å². The summed E-state index contributed by atoms with van der Waals surface area (Å²) in [5.41, 5.74) is 2.06. The van der Waals surface area contributed by atoms with Crippen molar-refractivity contribution in [3.05, 3.63) is 63.6 Å². The molecule has 0 aliphatic heterocycles. The molecule has 0 saturated heterocycles. The summed E-state index contributed by atoms with van der Waals surface area (Å²) < 4.78 is 5.87. The average molecular weight is 310 g/mol. The van der Waals surface area contributed by atoms with E-state index >= 15 is 0 Å². The molecule has 2 aromatic rings. The Bertz CT molecular complexity index is 555. The van der Waals surface area contributed by atoms with E-state index in [2.05, 4.69) is 12.2 Å². The third-order valence-corrected chi connectivity index (χ3v) is 3.54. The zero-order valence-electron chi connectivity index (χ0n) is 11.3. The van der Waals surface area contributed by atoms with Gasteiger partial charge in [0.05, 0.1) is 0 Å². The van der Waals surface area contributed by atoms with Crippen molar-refractivity contribution >= 4 is 23.2 Å². The van der Waals surface area contributed by atoms with Crippen molar-refractivity contribution in [2.45, 2.75) is 20.1 Å². The van der Waals surface area contributed by atoms with Gasteiger partial charge in [-0.3, -0.25) is 0 Å². The van der Waals surface area contributed by atoms with Gasteiger partial charge in [-0.2, -0.15) is 0 Å². The first-order valence-corrected chi connectivity index (χ1v) is 7.31. The summed E-state index contributed by atoms with van der Waals surface area (Å²) in [7, 11) is 0. The van der Waals surface area contributed by atoms with E-state index in [1.54, 1.807) is 0 Å². The molecule has 0 saturated carbocycles. The van der Waals surface area contributed by atoms with Gasteiger partial charge in [0.25, 0.3) is 0 Å². The Labute approximate surface area is 129 Å². The minimum Gasteiger partial charge on any atom is -0.489 e. The first-order valence-electron chi connectivity index (χ1n) is 6.56. The molecule has 4 heteroatoms. The molecule has 2 aromatic carbocycles. The minimum absolute atomic E-state index is 0.497. The van der Waals surface area contributed by atoms with Crippen molar-refractivity contribution < 1.29 is 4.74 Å². The van der Waals surface area contributed by atoms with E-state index in [0.29, 0.717) is 13.2 Å². The van der Waals surface area contributed by atoms with Crippen LogP contribution in [-0.4, -0.2) is 6.54 Å². The van der Waals surface area contributed by atoms with E-state index < -0.39 is 0 Å². The van der Waals surface area contributed by atoms with Gasteiger partial charge < -0.3 is 10.1 Å². The second kappa shape index (κ2) is 7.53. The Kier molecular flexibility index (Phi) is 5.72. The normalized spacial score (nSPS) is 10.6. The van der Waals surface area contributed by atoms with E-state index in [1.165, 1.54) is 0 Å². The van der Waals surface area contributed by atoms with E-state index in [0.717, 1.165) is 33.5 Å².